The van der Waals surface area contributed by atoms with Crippen LogP contribution in [0.25, 0.3) is 10.2 Å². The fraction of sp³-hybridized carbons (Fsp3) is 0.538. The molecule has 0 aromatic carbocycles. The number of hydrogen-bond acceptors (Lipinski definition) is 4. The average Bonchev–Trinajstić information content (AvgIpc) is 2.85. The van der Waals surface area contributed by atoms with Crippen LogP contribution in [0.2, 0.25) is 0 Å². The molecule has 1 unspecified atom stereocenters. The van der Waals surface area contributed by atoms with Crippen molar-refractivity contribution in [2.75, 3.05) is 20.1 Å². The van der Waals surface area contributed by atoms with E-state index in [0.29, 0.717) is 4.77 Å². The number of likely N-dealkylation sites (N-methyl/N-ethyl adjacent to an activating group) is 1. The van der Waals surface area contributed by atoms with Gasteiger partial charge in [-0.25, -0.2) is 0 Å². The molecule has 0 radical (unpaired) electrons. The minimum atomic E-state index is 0.0703. The van der Waals surface area contributed by atoms with Gasteiger partial charge < -0.3 is 9.88 Å². The number of fused-ring (bicyclic) bond motifs is 1. The molecule has 102 valence electrons. The van der Waals surface area contributed by atoms with Gasteiger partial charge >= 0.3 is 0 Å². The van der Waals surface area contributed by atoms with E-state index in [0.717, 1.165) is 35.3 Å². The molecular formula is C13H17N3OS2. The maximum absolute atomic E-state index is 12.7. The van der Waals surface area contributed by atoms with Crippen LogP contribution in [0, 0.1) is 18.6 Å². The maximum Gasteiger partial charge on any atom is 0.263 e. The van der Waals surface area contributed by atoms with E-state index in [1.807, 2.05) is 13.8 Å². The van der Waals surface area contributed by atoms with Crippen LogP contribution in [0.4, 0.5) is 0 Å². The highest BCUT2D eigenvalue weighted by Crippen LogP contribution is 2.27. The lowest BCUT2D eigenvalue weighted by Crippen LogP contribution is -2.28. The van der Waals surface area contributed by atoms with E-state index in [-0.39, 0.29) is 11.6 Å². The van der Waals surface area contributed by atoms with E-state index in [1.54, 1.807) is 15.9 Å². The lowest BCUT2D eigenvalue weighted by Gasteiger charge is -2.14. The van der Waals surface area contributed by atoms with E-state index < -0.39 is 0 Å². The van der Waals surface area contributed by atoms with Gasteiger partial charge in [-0.1, -0.05) is 0 Å². The van der Waals surface area contributed by atoms with Crippen molar-refractivity contribution in [1.82, 2.24) is 14.5 Å². The van der Waals surface area contributed by atoms with Crippen LogP contribution >= 0.6 is 23.6 Å². The highest BCUT2D eigenvalue weighted by Gasteiger charge is 2.24. The molecule has 2 aromatic rings. The monoisotopic (exact) mass is 295 g/mol. The Morgan fingerprint density at radius 2 is 2.16 bits per heavy atom. The van der Waals surface area contributed by atoms with Gasteiger partial charge in [0.25, 0.3) is 5.56 Å². The molecule has 3 rings (SSSR count). The first-order valence-corrected chi connectivity index (χ1v) is 7.64. The van der Waals surface area contributed by atoms with Gasteiger partial charge in [0, 0.05) is 11.4 Å². The highest BCUT2D eigenvalue weighted by molar-refractivity contribution is 7.71. The molecule has 0 bridgehead atoms. The summed E-state index contributed by atoms with van der Waals surface area (Å²) < 4.78 is 2.33. The van der Waals surface area contributed by atoms with Gasteiger partial charge in [0.1, 0.15) is 4.83 Å². The lowest BCUT2D eigenvalue weighted by atomic mass is 10.2. The number of nitrogens with zero attached hydrogens (tertiary/aromatic N) is 2. The molecule has 0 aliphatic carbocycles. The van der Waals surface area contributed by atoms with Crippen molar-refractivity contribution in [3.63, 3.8) is 0 Å². The van der Waals surface area contributed by atoms with Crippen LogP contribution < -0.4 is 5.56 Å². The molecule has 1 N–H and O–H groups in total. The van der Waals surface area contributed by atoms with Crippen LogP contribution in [-0.4, -0.2) is 34.6 Å². The Labute approximate surface area is 120 Å². The van der Waals surface area contributed by atoms with Gasteiger partial charge in [-0.2, -0.15) is 0 Å². The molecule has 0 spiro atoms. The first-order valence-electron chi connectivity index (χ1n) is 6.42. The standard InChI is InChI=1S/C13H17N3OS2/c1-7-8(2)19-11-10(7)12(17)16(13(18)14-11)9-4-5-15(3)6-9/h9H,4-6H2,1-3H3,(H,14,18). The predicted molar refractivity (Wildman–Crippen MR) is 81.9 cm³/mol. The number of hydrogen-bond donors (Lipinski definition) is 1. The fourth-order valence-electron chi connectivity index (χ4n) is 2.80. The van der Waals surface area contributed by atoms with Crippen molar-refractivity contribution in [2.24, 2.45) is 0 Å². The molecule has 1 aliphatic heterocycles. The molecular weight excluding hydrogens is 278 g/mol. The SMILES string of the molecule is Cc1sc2[nH]c(=S)n(C3CCN(C)C3)c(=O)c2c1C. The number of aromatic nitrogens is 2. The third kappa shape index (κ3) is 1.98. The van der Waals surface area contributed by atoms with Crippen LogP contribution in [0.15, 0.2) is 4.79 Å². The average molecular weight is 295 g/mol. The summed E-state index contributed by atoms with van der Waals surface area (Å²) in [4.78, 5) is 20.3. The first kappa shape index (κ1) is 13.0. The Morgan fingerprint density at radius 3 is 2.79 bits per heavy atom. The van der Waals surface area contributed by atoms with Crippen molar-refractivity contribution in [1.29, 1.82) is 0 Å². The van der Waals surface area contributed by atoms with E-state index in [2.05, 4.69) is 16.9 Å². The Hall–Kier alpha value is -0.980. The molecule has 4 nitrogen and oxygen atoms in total. The normalized spacial score (nSPS) is 20.5. The second-order valence-corrected chi connectivity index (χ2v) is 6.91. The van der Waals surface area contributed by atoms with Crippen molar-refractivity contribution in [3.8, 4) is 0 Å². The number of H-pyrrole nitrogens is 1. The summed E-state index contributed by atoms with van der Waals surface area (Å²) in [6.45, 7) is 5.97. The molecule has 1 saturated heterocycles. The van der Waals surface area contributed by atoms with Gasteiger partial charge in [-0.15, -0.1) is 11.3 Å². The zero-order valence-corrected chi connectivity index (χ0v) is 13.0. The summed E-state index contributed by atoms with van der Waals surface area (Å²) >= 11 is 7.00. The third-order valence-corrected chi connectivity index (χ3v) is 5.41. The van der Waals surface area contributed by atoms with Gasteiger partial charge in [0.05, 0.1) is 11.4 Å². The predicted octanol–water partition coefficient (Wildman–Crippen LogP) is 2.61. The quantitative estimate of drug-likeness (QED) is 0.822. The van der Waals surface area contributed by atoms with Crippen LogP contribution in [0.5, 0.6) is 0 Å². The van der Waals surface area contributed by atoms with Gasteiger partial charge in [-0.05, 0) is 51.6 Å². The summed E-state index contributed by atoms with van der Waals surface area (Å²) in [5, 5.41) is 0.811. The zero-order chi connectivity index (χ0) is 13.7. The Balaban J connectivity index is 2.28. The van der Waals surface area contributed by atoms with Gasteiger partial charge in [-0.3, -0.25) is 9.36 Å². The second kappa shape index (κ2) is 4.54. The van der Waals surface area contributed by atoms with Crippen molar-refractivity contribution in [2.45, 2.75) is 26.3 Å². The van der Waals surface area contributed by atoms with Gasteiger partial charge in [0.15, 0.2) is 4.77 Å². The summed E-state index contributed by atoms with van der Waals surface area (Å²) in [5.74, 6) is 0. The van der Waals surface area contributed by atoms with Crippen molar-refractivity contribution < 1.29 is 0 Å². The summed E-state index contributed by atoms with van der Waals surface area (Å²) in [7, 11) is 2.08. The van der Waals surface area contributed by atoms with Crippen LogP contribution in [-0.2, 0) is 0 Å². The van der Waals surface area contributed by atoms with E-state index in [4.69, 9.17) is 12.2 Å². The van der Waals surface area contributed by atoms with Crippen molar-refractivity contribution in [3.05, 3.63) is 25.6 Å². The van der Waals surface area contributed by atoms with E-state index in [1.165, 1.54) is 4.88 Å². The Morgan fingerprint density at radius 1 is 1.42 bits per heavy atom. The molecule has 1 atom stereocenters. The third-order valence-electron chi connectivity index (χ3n) is 3.99. The highest BCUT2D eigenvalue weighted by atomic mass is 32.1. The zero-order valence-electron chi connectivity index (χ0n) is 11.3. The Kier molecular flexibility index (Phi) is 3.11. The first-order chi connectivity index (χ1) is 8.99. The molecule has 1 fully saturated rings. The molecule has 6 heteroatoms. The minimum absolute atomic E-state index is 0.0703. The molecule has 1 aliphatic rings. The molecule has 3 heterocycles. The lowest BCUT2D eigenvalue weighted by molar-refractivity contribution is 0.388. The smallest absolute Gasteiger partial charge is 0.263 e. The number of thiophene rings is 1. The van der Waals surface area contributed by atoms with E-state index in [9.17, 15) is 4.79 Å². The molecule has 2 aromatic heterocycles. The Bertz CT molecular complexity index is 756. The maximum atomic E-state index is 12.7. The minimum Gasteiger partial charge on any atom is -0.323 e. The summed E-state index contributed by atoms with van der Waals surface area (Å²) in [5.41, 5.74) is 1.15. The summed E-state index contributed by atoms with van der Waals surface area (Å²) in [6, 6.07) is 0.199. The topological polar surface area (TPSA) is 41.0 Å². The number of rotatable bonds is 1. The van der Waals surface area contributed by atoms with Crippen LogP contribution in [0.1, 0.15) is 22.9 Å². The van der Waals surface area contributed by atoms with Gasteiger partial charge in [0.2, 0.25) is 0 Å². The largest absolute Gasteiger partial charge is 0.323 e. The molecule has 19 heavy (non-hydrogen) atoms. The number of nitrogens with one attached hydrogen (secondary N) is 1. The number of aryl methyl sites for hydroxylation is 2. The summed E-state index contributed by atoms with van der Waals surface area (Å²) in [6.07, 6.45) is 0.988. The van der Waals surface area contributed by atoms with E-state index >= 15 is 0 Å². The van der Waals surface area contributed by atoms with Crippen molar-refractivity contribution >= 4 is 33.8 Å². The number of aromatic amines is 1. The fourth-order valence-corrected chi connectivity index (χ4v) is 4.25. The molecule has 0 amide bonds. The van der Waals surface area contributed by atoms with Crippen LogP contribution in [0.3, 0.4) is 0 Å². The molecule has 0 saturated carbocycles. The number of likely N-dealkylation sites (tertiary alicyclic amines) is 1. The second-order valence-electron chi connectivity index (χ2n) is 5.30.